The molecule has 0 aromatic heterocycles. The Morgan fingerprint density at radius 2 is 1.37 bits per heavy atom. The summed E-state index contributed by atoms with van der Waals surface area (Å²) < 4.78 is 21.4. The monoisotopic (exact) mass is 555 g/mol. The zero-order chi connectivity index (χ0) is 29.5. The van der Waals surface area contributed by atoms with Crippen LogP contribution >= 0.6 is 0 Å². The maximum absolute atomic E-state index is 13.3. The molecule has 1 atom stereocenters. The van der Waals surface area contributed by atoms with E-state index >= 15 is 0 Å². The number of ketones is 2. The first-order chi connectivity index (χ1) is 20.0. The third-order valence-corrected chi connectivity index (χ3v) is 6.30. The number of nitrogens with zero attached hydrogens (tertiary/aromatic N) is 3. The summed E-state index contributed by atoms with van der Waals surface area (Å²) in [5.74, 6) is 0.551. The molecule has 1 unspecified atom stereocenters. The van der Waals surface area contributed by atoms with Gasteiger partial charge in [-0.1, -0.05) is 59.7 Å². The Kier molecular flexibility index (Phi) is 12.0. The molecule has 212 valence electrons. The summed E-state index contributed by atoms with van der Waals surface area (Å²) in [6, 6.07) is 20.4. The smallest absolute Gasteiger partial charge is 0.167 e. The second-order valence-electron chi connectivity index (χ2n) is 8.93. The van der Waals surface area contributed by atoms with Gasteiger partial charge in [-0.3, -0.25) is 9.59 Å². The number of allylic oxidation sites excluding steroid dienone is 2. The van der Waals surface area contributed by atoms with Crippen LogP contribution in [0.3, 0.4) is 0 Å². The molecule has 0 aliphatic carbocycles. The van der Waals surface area contributed by atoms with Crippen molar-refractivity contribution in [3.05, 3.63) is 106 Å². The number of aryl methyl sites for hydroxylation is 1. The first kappa shape index (κ1) is 30.5. The van der Waals surface area contributed by atoms with Crippen molar-refractivity contribution in [3.8, 4) is 23.0 Å². The van der Waals surface area contributed by atoms with Crippen LogP contribution in [-0.4, -0.2) is 39.6 Å². The summed E-state index contributed by atoms with van der Waals surface area (Å²) in [4.78, 5) is 29.3. The second-order valence-corrected chi connectivity index (χ2v) is 8.93. The van der Waals surface area contributed by atoms with Crippen LogP contribution in [0.25, 0.3) is 22.6 Å². The van der Waals surface area contributed by atoms with Gasteiger partial charge in [-0.05, 0) is 77.9 Å². The molecule has 41 heavy (non-hydrogen) atoms. The molecule has 0 spiro atoms. The highest BCUT2D eigenvalue weighted by atomic mass is 16.5. The van der Waals surface area contributed by atoms with Crippen LogP contribution in [0.1, 0.15) is 29.5 Å². The van der Waals surface area contributed by atoms with Gasteiger partial charge in [0.25, 0.3) is 0 Å². The predicted molar refractivity (Wildman–Crippen MR) is 158 cm³/mol. The summed E-state index contributed by atoms with van der Waals surface area (Å²) in [6.45, 7) is -0.176. The van der Waals surface area contributed by atoms with Gasteiger partial charge in [0.1, 0.15) is 0 Å². The van der Waals surface area contributed by atoms with E-state index in [1.54, 1.807) is 56.7 Å². The minimum atomic E-state index is -0.834. The average Bonchev–Trinajstić information content (AvgIpc) is 3.01. The Labute approximate surface area is 239 Å². The number of carbonyl (C=O) groups excluding carboxylic acids is 2. The molecular weight excluding hydrogens is 522 g/mol. The zero-order valence-corrected chi connectivity index (χ0v) is 23.4. The van der Waals surface area contributed by atoms with Gasteiger partial charge in [-0.2, -0.15) is 0 Å². The molecule has 0 saturated carbocycles. The number of hydrogen-bond donors (Lipinski definition) is 0. The fourth-order valence-corrected chi connectivity index (χ4v) is 4.16. The van der Waals surface area contributed by atoms with E-state index in [2.05, 4.69) is 10.0 Å². The molecule has 0 aliphatic heterocycles. The van der Waals surface area contributed by atoms with Gasteiger partial charge in [-0.25, -0.2) is 0 Å². The van der Waals surface area contributed by atoms with Crippen molar-refractivity contribution in [2.24, 2.45) is 11.0 Å². The number of hydrogen-bond acceptors (Lipinski definition) is 7. The van der Waals surface area contributed by atoms with E-state index in [0.29, 0.717) is 41.4 Å². The molecule has 3 rings (SSSR count). The molecule has 0 saturated heterocycles. The molecule has 9 heteroatoms. The van der Waals surface area contributed by atoms with Crippen LogP contribution in [0.2, 0.25) is 0 Å². The van der Waals surface area contributed by atoms with Gasteiger partial charge in [-0.15, -0.1) is 0 Å². The van der Waals surface area contributed by atoms with Crippen molar-refractivity contribution in [2.75, 3.05) is 28.1 Å². The highest BCUT2D eigenvalue weighted by Crippen LogP contribution is 2.29. The summed E-state index contributed by atoms with van der Waals surface area (Å²) in [5.41, 5.74) is 11.0. The van der Waals surface area contributed by atoms with Crippen molar-refractivity contribution in [1.82, 2.24) is 0 Å². The number of rotatable bonds is 16. The van der Waals surface area contributed by atoms with Gasteiger partial charge >= 0.3 is 0 Å². The number of benzene rings is 3. The molecule has 3 aromatic rings. The summed E-state index contributed by atoms with van der Waals surface area (Å²) in [6.07, 6.45) is 8.01. The Hall–Kier alpha value is -5.01. The number of ether oxygens (including phenoxy) is 4. The minimum absolute atomic E-state index is 0.176. The van der Waals surface area contributed by atoms with Crippen molar-refractivity contribution in [3.63, 3.8) is 0 Å². The highest BCUT2D eigenvalue weighted by Gasteiger charge is 2.22. The van der Waals surface area contributed by atoms with E-state index in [9.17, 15) is 9.59 Å². The van der Waals surface area contributed by atoms with Crippen LogP contribution < -0.4 is 18.9 Å². The maximum Gasteiger partial charge on any atom is 0.167 e. The molecular formula is C32H33N3O6. The first-order valence-corrected chi connectivity index (χ1v) is 13.0. The van der Waals surface area contributed by atoms with Crippen LogP contribution in [-0.2, 0) is 16.0 Å². The van der Waals surface area contributed by atoms with Gasteiger partial charge in [0.2, 0.25) is 0 Å². The Morgan fingerprint density at radius 3 is 1.93 bits per heavy atom. The standard InChI is InChI=1S/C32H33N3O6/c1-38-29-18-14-24(20-31(29)39-2)12-16-27(36)26(11-7-10-23-8-5-4-6-9-23)28(37)17-13-25-15-19-30(32(21-25)40-3)41-22-34-35-33/h4-6,8-9,12-21,26H,7,10-11,22H2,1-3H3/b16-12+,17-13+. The lowest BCUT2D eigenvalue weighted by Crippen LogP contribution is -2.21. The minimum Gasteiger partial charge on any atom is -0.493 e. The van der Waals surface area contributed by atoms with Crippen LogP contribution in [0.5, 0.6) is 23.0 Å². The first-order valence-electron chi connectivity index (χ1n) is 13.0. The SMILES string of the molecule is COc1ccc(/C=C/C(=O)C(CCCc2ccccc2)C(=O)/C=C/c2ccc(OCN=[N+]=[N-])c(OC)c2)cc1OC. The maximum atomic E-state index is 13.3. The van der Waals surface area contributed by atoms with Crippen molar-refractivity contribution in [1.29, 1.82) is 0 Å². The topological polar surface area (TPSA) is 120 Å². The third kappa shape index (κ3) is 9.30. The summed E-state index contributed by atoms with van der Waals surface area (Å²) in [5, 5.41) is 3.35. The largest absolute Gasteiger partial charge is 0.493 e. The number of carbonyl (C=O) groups is 2. The quantitative estimate of drug-likeness (QED) is 0.0626. The lowest BCUT2D eigenvalue weighted by atomic mass is 9.90. The van der Waals surface area contributed by atoms with E-state index in [0.717, 1.165) is 17.5 Å². The van der Waals surface area contributed by atoms with Gasteiger partial charge in [0.15, 0.2) is 41.3 Å². The molecule has 0 aliphatic rings. The van der Waals surface area contributed by atoms with E-state index in [1.807, 2.05) is 36.4 Å². The fraction of sp³-hybridized carbons (Fsp3) is 0.250. The van der Waals surface area contributed by atoms with Crippen molar-refractivity contribution in [2.45, 2.75) is 19.3 Å². The van der Waals surface area contributed by atoms with E-state index < -0.39 is 5.92 Å². The molecule has 0 heterocycles. The van der Waals surface area contributed by atoms with Crippen LogP contribution in [0.15, 0.2) is 84.0 Å². The fourth-order valence-electron chi connectivity index (χ4n) is 4.16. The number of methoxy groups -OCH3 is 3. The van der Waals surface area contributed by atoms with Crippen molar-refractivity contribution < 1.29 is 28.5 Å². The molecule has 9 nitrogen and oxygen atoms in total. The lowest BCUT2D eigenvalue weighted by molar-refractivity contribution is -0.127. The van der Waals surface area contributed by atoms with Gasteiger partial charge < -0.3 is 18.9 Å². The number of azide groups is 1. The van der Waals surface area contributed by atoms with Crippen molar-refractivity contribution >= 4 is 23.7 Å². The van der Waals surface area contributed by atoms with Gasteiger partial charge in [0.05, 0.1) is 27.2 Å². The van der Waals surface area contributed by atoms with E-state index in [-0.39, 0.29) is 18.3 Å². The van der Waals surface area contributed by atoms with Crippen LogP contribution in [0, 0.1) is 5.92 Å². The summed E-state index contributed by atoms with van der Waals surface area (Å²) >= 11 is 0. The second kappa shape index (κ2) is 16.2. The Morgan fingerprint density at radius 1 is 0.805 bits per heavy atom. The molecule has 0 amide bonds. The molecule has 0 radical (unpaired) electrons. The molecule has 3 aromatic carbocycles. The van der Waals surface area contributed by atoms with E-state index in [4.69, 9.17) is 24.5 Å². The Bertz CT molecular complexity index is 1430. The normalized spacial score (nSPS) is 11.6. The predicted octanol–water partition coefficient (Wildman–Crippen LogP) is 6.86. The molecule has 0 N–H and O–H groups in total. The third-order valence-electron chi connectivity index (χ3n) is 6.30. The lowest BCUT2D eigenvalue weighted by Gasteiger charge is -2.12. The highest BCUT2D eigenvalue weighted by molar-refractivity contribution is 6.13. The molecule has 0 bridgehead atoms. The van der Waals surface area contributed by atoms with E-state index in [1.165, 1.54) is 19.3 Å². The van der Waals surface area contributed by atoms with Gasteiger partial charge in [0, 0.05) is 4.91 Å². The summed E-state index contributed by atoms with van der Waals surface area (Å²) in [7, 11) is 4.59. The average molecular weight is 556 g/mol. The zero-order valence-electron chi connectivity index (χ0n) is 23.4. The Balaban J connectivity index is 1.78. The van der Waals surface area contributed by atoms with Crippen LogP contribution in [0.4, 0.5) is 0 Å². The molecule has 0 fully saturated rings.